The smallest absolute Gasteiger partial charge is 0.325 e. The second kappa shape index (κ2) is 5.70. The summed E-state index contributed by atoms with van der Waals surface area (Å²) in [4.78, 5) is 24.3. The first kappa shape index (κ1) is 12.0. The molecule has 0 radical (unpaired) electrons. The van der Waals surface area contributed by atoms with Gasteiger partial charge < -0.3 is 5.32 Å². The lowest BCUT2D eigenvalue weighted by molar-refractivity contribution is -0.128. The number of imide groups is 1. The molecule has 1 unspecified atom stereocenters. The van der Waals surface area contributed by atoms with Gasteiger partial charge in [0, 0.05) is 13.5 Å². The molecular formula is C10H19N3O2. The number of hydrogen-bond acceptors (Lipinski definition) is 3. The number of piperidine rings is 1. The number of amides is 3. The molecule has 1 rings (SSSR count). The van der Waals surface area contributed by atoms with Gasteiger partial charge in [-0.15, -0.1) is 0 Å². The van der Waals surface area contributed by atoms with Gasteiger partial charge in [0.25, 0.3) is 0 Å². The standard InChI is InChI=1S/C10H19N3O2/c1-3-11-10(15)13(8(2)14)9-6-4-5-7-12-9/h9,12H,3-7H2,1-2H3,(H,11,15). The summed E-state index contributed by atoms with van der Waals surface area (Å²) in [6.45, 7) is 4.67. The first-order valence-corrected chi connectivity index (χ1v) is 5.47. The molecule has 1 heterocycles. The maximum Gasteiger partial charge on any atom is 0.325 e. The third kappa shape index (κ3) is 3.20. The predicted octanol–water partition coefficient (Wildman–Crippen LogP) is 0.664. The molecule has 0 spiro atoms. The van der Waals surface area contributed by atoms with E-state index in [0.29, 0.717) is 6.54 Å². The molecule has 1 fully saturated rings. The zero-order chi connectivity index (χ0) is 11.3. The average molecular weight is 213 g/mol. The molecule has 0 saturated carbocycles. The summed E-state index contributed by atoms with van der Waals surface area (Å²) >= 11 is 0. The van der Waals surface area contributed by atoms with Crippen LogP contribution in [0.2, 0.25) is 0 Å². The van der Waals surface area contributed by atoms with Crippen molar-refractivity contribution < 1.29 is 9.59 Å². The largest absolute Gasteiger partial charge is 0.338 e. The summed E-state index contributed by atoms with van der Waals surface area (Å²) in [5.41, 5.74) is 0. The van der Waals surface area contributed by atoms with Crippen LogP contribution in [-0.4, -0.2) is 36.1 Å². The third-order valence-electron chi connectivity index (χ3n) is 2.48. The Hall–Kier alpha value is -1.10. The van der Waals surface area contributed by atoms with Gasteiger partial charge in [0.05, 0.1) is 6.17 Å². The SMILES string of the molecule is CCNC(=O)N(C(C)=O)C1CCCCN1. The van der Waals surface area contributed by atoms with Gasteiger partial charge in [-0.1, -0.05) is 0 Å². The summed E-state index contributed by atoms with van der Waals surface area (Å²) in [5, 5.41) is 5.83. The number of urea groups is 1. The van der Waals surface area contributed by atoms with Crippen LogP contribution in [-0.2, 0) is 4.79 Å². The minimum absolute atomic E-state index is 0.136. The number of carbonyl (C=O) groups is 2. The monoisotopic (exact) mass is 213 g/mol. The molecule has 0 aromatic carbocycles. The second-order valence-corrected chi connectivity index (χ2v) is 3.69. The highest BCUT2D eigenvalue weighted by Crippen LogP contribution is 2.11. The number of nitrogens with one attached hydrogen (secondary N) is 2. The first-order chi connectivity index (χ1) is 7.16. The lowest BCUT2D eigenvalue weighted by Crippen LogP contribution is -2.55. The Kier molecular flexibility index (Phi) is 4.55. The van der Waals surface area contributed by atoms with Crippen molar-refractivity contribution in [3.8, 4) is 0 Å². The minimum atomic E-state index is -0.301. The molecular weight excluding hydrogens is 194 g/mol. The van der Waals surface area contributed by atoms with Crippen molar-refractivity contribution >= 4 is 11.9 Å². The highest BCUT2D eigenvalue weighted by molar-refractivity contribution is 5.93. The van der Waals surface area contributed by atoms with Crippen molar-refractivity contribution in [1.82, 2.24) is 15.5 Å². The Balaban J connectivity index is 2.63. The van der Waals surface area contributed by atoms with Crippen molar-refractivity contribution in [2.75, 3.05) is 13.1 Å². The van der Waals surface area contributed by atoms with Gasteiger partial charge in [0.15, 0.2) is 0 Å². The highest BCUT2D eigenvalue weighted by Gasteiger charge is 2.27. The van der Waals surface area contributed by atoms with Gasteiger partial charge in [0.1, 0.15) is 0 Å². The molecule has 0 aromatic rings. The van der Waals surface area contributed by atoms with E-state index in [1.165, 1.54) is 11.8 Å². The molecule has 86 valence electrons. The van der Waals surface area contributed by atoms with E-state index in [9.17, 15) is 9.59 Å². The van der Waals surface area contributed by atoms with E-state index in [2.05, 4.69) is 10.6 Å². The molecule has 0 aliphatic carbocycles. The van der Waals surface area contributed by atoms with E-state index >= 15 is 0 Å². The van der Waals surface area contributed by atoms with Gasteiger partial charge in [-0.25, -0.2) is 9.69 Å². The fourth-order valence-corrected chi connectivity index (χ4v) is 1.79. The molecule has 1 saturated heterocycles. The zero-order valence-electron chi connectivity index (χ0n) is 9.38. The molecule has 5 nitrogen and oxygen atoms in total. The van der Waals surface area contributed by atoms with Crippen molar-refractivity contribution in [1.29, 1.82) is 0 Å². The molecule has 15 heavy (non-hydrogen) atoms. The van der Waals surface area contributed by atoms with Crippen molar-refractivity contribution in [3.05, 3.63) is 0 Å². The minimum Gasteiger partial charge on any atom is -0.338 e. The van der Waals surface area contributed by atoms with E-state index < -0.39 is 0 Å². The molecule has 1 aliphatic rings. The van der Waals surface area contributed by atoms with Crippen LogP contribution in [0.3, 0.4) is 0 Å². The van der Waals surface area contributed by atoms with Crippen LogP contribution < -0.4 is 10.6 Å². The van der Waals surface area contributed by atoms with E-state index in [1.54, 1.807) is 0 Å². The quantitative estimate of drug-likeness (QED) is 0.708. The van der Waals surface area contributed by atoms with Crippen molar-refractivity contribution in [3.63, 3.8) is 0 Å². The van der Waals surface area contributed by atoms with Crippen molar-refractivity contribution in [2.45, 2.75) is 39.3 Å². The molecule has 2 N–H and O–H groups in total. The summed E-state index contributed by atoms with van der Waals surface area (Å²) in [6.07, 6.45) is 2.87. The zero-order valence-corrected chi connectivity index (χ0v) is 9.38. The average Bonchev–Trinajstić information content (AvgIpc) is 2.19. The summed E-state index contributed by atoms with van der Waals surface area (Å²) in [7, 11) is 0. The van der Waals surface area contributed by atoms with Crippen LogP contribution in [0.25, 0.3) is 0 Å². The number of nitrogens with zero attached hydrogens (tertiary/aromatic N) is 1. The van der Waals surface area contributed by atoms with Crippen LogP contribution in [0.5, 0.6) is 0 Å². The fraction of sp³-hybridized carbons (Fsp3) is 0.800. The van der Waals surface area contributed by atoms with E-state index in [4.69, 9.17) is 0 Å². The summed E-state index contributed by atoms with van der Waals surface area (Å²) < 4.78 is 0. The number of carbonyl (C=O) groups excluding carboxylic acids is 2. The third-order valence-corrected chi connectivity index (χ3v) is 2.48. The van der Waals surface area contributed by atoms with Gasteiger partial charge in [0.2, 0.25) is 5.91 Å². The van der Waals surface area contributed by atoms with Gasteiger partial charge in [-0.05, 0) is 32.7 Å². The molecule has 1 atom stereocenters. The molecule has 3 amide bonds. The van der Waals surface area contributed by atoms with E-state index in [0.717, 1.165) is 25.8 Å². The lowest BCUT2D eigenvalue weighted by atomic mass is 10.1. The predicted molar refractivity (Wildman–Crippen MR) is 57.2 cm³/mol. The maximum absolute atomic E-state index is 11.6. The molecule has 0 aromatic heterocycles. The van der Waals surface area contributed by atoms with E-state index in [-0.39, 0.29) is 18.1 Å². The summed E-state index contributed by atoms with van der Waals surface area (Å²) in [5.74, 6) is -0.208. The Bertz CT molecular complexity index is 237. The second-order valence-electron chi connectivity index (χ2n) is 3.69. The topological polar surface area (TPSA) is 61.4 Å². The Morgan fingerprint density at radius 3 is 2.67 bits per heavy atom. The van der Waals surface area contributed by atoms with Crippen LogP contribution in [0.15, 0.2) is 0 Å². The van der Waals surface area contributed by atoms with Gasteiger partial charge in [-0.3, -0.25) is 10.1 Å². The fourth-order valence-electron chi connectivity index (χ4n) is 1.79. The number of hydrogen-bond donors (Lipinski definition) is 2. The van der Waals surface area contributed by atoms with Crippen LogP contribution in [0.1, 0.15) is 33.1 Å². The maximum atomic E-state index is 11.6. The summed E-state index contributed by atoms with van der Waals surface area (Å²) in [6, 6.07) is -0.301. The van der Waals surface area contributed by atoms with Gasteiger partial charge >= 0.3 is 6.03 Å². The highest BCUT2D eigenvalue weighted by atomic mass is 16.2. The van der Waals surface area contributed by atoms with Crippen LogP contribution >= 0.6 is 0 Å². The molecule has 0 bridgehead atoms. The number of rotatable bonds is 2. The lowest BCUT2D eigenvalue weighted by Gasteiger charge is -2.32. The van der Waals surface area contributed by atoms with Crippen molar-refractivity contribution in [2.24, 2.45) is 0 Å². The molecule has 1 aliphatic heterocycles. The van der Waals surface area contributed by atoms with E-state index in [1.807, 2.05) is 6.92 Å². The van der Waals surface area contributed by atoms with Crippen LogP contribution in [0, 0.1) is 0 Å². The van der Waals surface area contributed by atoms with Gasteiger partial charge in [-0.2, -0.15) is 0 Å². The van der Waals surface area contributed by atoms with Crippen LogP contribution in [0.4, 0.5) is 4.79 Å². The Morgan fingerprint density at radius 1 is 1.47 bits per heavy atom. The molecule has 5 heteroatoms. The first-order valence-electron chi connectivity index (χ1n) is 5.47. The Morgan fingerprint density at radius 2 is 2.20 bits per heavy atom. The Labute approximate surface area is 90.2 Å². The normalized spacial score (nSPS) is 20.8.